The van der Waals surface area contributed by atoms with E-state index in [-0.39, 0.29) is 269 Å². The lowest BCUT2D eigenvalue weighted by Gasteiger charge is -2.22. The number of hydrogen-bond donors (Lipinski definition) is 8. The molecule has 4 fully saturated rings. The van der Waals surface area contributed by atoms with Crippen LogP contribution in [0.3, 0.4) is 0 Å². The highest BCUT2D eigenvalue weighted by atomic mass is 31.0. The molecule has 7 rings (SSSR count). The molecule has 10 atom stereocenters. The smallest absolute Gasteiger partial charge is 0.408 e. The molecule has 3 aromatic carbocycles. The highest BCUT2D eigenvalue weighted by Gasteiger charge is 2.40. The Morgan fingerprint density at radius 2 is 0.880 bits per heavy atom. The van der Waals surface area contributed by atoms with Crippen molar-refractivity contribution in [3.05, 3.63) is 59.7 Å². The van der Waals surface area contributed by atoms with E-state index < -0.39 is 35.3 Å². The highest BCUT2D eigenvalue weighted by Crippen LogP contribution is 2.40. The molecular formula is C94H142N12O32P4. The molecule has 15 amide bonds. The molecule has 0 aliphatic carbocycles. The van der Waals surface area contributed by atoms with Crippen LogP contribution in [-0.2, 0) is 123 Å². The first-order valence-corrected chi connectivity index (χ1v) is 49.4. The van der Waals surface area contributed by atoms with Crippen molar-refractivity contribution in [2.45, 2.75) is 193 Å². The number of carbonyl (C=O) groups excluding carboxylic acids is 17. The molecule has 4 saturated heterocycles. The molecule has 0 bridgehead atoms. The van der Waals surface area contributed by atoms with E-state index in [1.54, 1.807) is 45.0 Å². The van der Waals surface area contributed by atoms with Crippen LogP contribution >= 0.6 is 37.0 Å². The lowest BCUT2D eigenvalue weighted by molar-refractivity contribution is -0.153. The van der Waals surface area contributed by atoms with Crippen molar-refractivity contribution >= 4 is 144 Å². The average molecular weight is 2080 g/mol. The van der Waals surface area contributed by atoms with E-state index in [4.69, 9.17) is 71.1 Å². The van der Waals surface area contributed by atoms with Crippen LogP contribution in [0.4, 0.5) is 15.3 Å². The number of hydrogen-bond acceptors (Lipinski definition) is 33. The summed E-state index contributed by atoms with van der Waals surface area (Å²) in [5.41, 5.74) is 0.0303. The van der Waals surface area contributed by atoms with Gasteiger partial charge in [0.15, 0.2) is 29.3 Å². The second-order valence-corrected chi connectivity index (χ2v) is 35.6. The first-order valence-electron chi connectivity index (χ1n) is 46.7. The number of nitrogens with one attached hydrogen (secondary N) is 8. The van der Waals surface area contributed by atoms with E-state index in [1.165, 1.54) is 40.4 Å². The number of imide groups is 4. The van der Waals surface area contributed by atoms with Gasteiger partial charge in [-0.25, -0.2) is 9.59 Å². The maximum atomic E-state index is 12.6. The van der Waals surface area contributed by atoms with Gasteiger partial charge in [-0.2, -0.15) is 0 Å². The zero-order chi connectivity index (χ0) is 105. The van der Waals surface area contributed by atoms with Crippen molar-refractivity contribution in [3.8, 4) is 52.1 Å². The lowest BCUT2D eigenvalue weighted by atomic mass is 9.89. The van der Waals surface area contributed by atoms with Gasteiger partial charge in [0.1, 0.15) is 32.2 Å². The van der Waals surface area contributed by atoms with E-state index in [9.17, 15) is 81.5 Å². The number of rotatable bonds is 61. The van der Waals surface area contributed by atoms with Gasteiger partial charge in [-0.3, -0.25) is 91.5 Å². The fourth-order valence-electron chi connectivity index (χ4n) is 13.5. The first-order chi connectivity index (χ1) is 67.9. The number of nitrogens with zero attached hydrogens (tertiary/aromatic N) is 4. The van der Waals surface area contributed by atoms with Crippen molar-refractivity contribution in [2.75, 3.05) is 179 Å². The number of ether oxygens (including phenoxy) is 15. The number of anilines is 1. The number of alkyl carbamates (subject to hydrolysis) is 2. The minimum atomic E-state index is -0.777. The third-order valence-corrected chi connectivity index (χ3v) is 23.2. The summed E-state index contributed by atoms with van der Waals surface area (Å²) in [6, 6.07) is 13.3. The molecule has 142 heavy (non-hydrogen) atoms. The Morgan fingerprint density at radius 3 is 1.34 bits per heavy atom. The molecule has 8 N–H and O–H groups in total. The topological polar surface area (TPSA) is 538 Å². The van der Waals surface area contributed by atoms with E-state index in [0.717, 1.165) is 39.6 Å². The maximum absolute atomic E-state index is 12.6. The molecule has 4 aliphatic heterocycles. The Kier molecular flexibility index (Phi) is 59.4. The number of unbranched alkanes of at least 4 members (excludes halogenated alkanes) is 2. The normalized spacial score (nSPS) is 15.6. The third kappa shape index (κ3) is 46.7. The van der Waals surface area contributed by atoms with Crippen LogP contribution in [0.2, 0.25) is 0 Å². The van der Waals surface area contributed by atoms with E-state index >= 15 is 0 Å². The molecule has 4 heterocycles. The van der Waals surface area contributed by atoms with E-state index in [0.29, 0.717) is 117 Å². The SMILES string of the molecule is CC#CCNC(=O)OCc1cc(OC)c(OCCNC(=O)CCN2C(=O)CC(P)C2=O)c(OC)c1.CCOC(=O)C(C)(C)CCNc1ccc(OCCNC(=O)CCN2C(=O)CC(P)C2=O)cc1.CCOC(=O)CCC(CC(=O)NCCOCCOCCN1C(=O)CC(P)C1=O)NC(=O)OCc1cc(OC)c(OC)c(OC)c1.CCOC(C)OCCNC(=O)CCCCCNC(=O)CCN1C(=O)CC(P)C1=O. The van der Waals surface area contributed by atoms with Gasteiger partial charge in [-0.05, 0) is 134 Å². The minimum Gasteiger partial charge on any atom is -0.493 e. The zero-order valence-corrected chi connectivity index (χ0v) is 87.7. The van der Waals surface area contributed by atoms with Gasteiger partial charge in [0.2, 0.25) is 88.3 Å². The van der Waals surface area contributed by atoms with Crippen molar-refractivity contribution in [2.24, 2.45) is 5.41 Å². The first kappa shape index (κ1) is 123. The molecular weight excluding hydrogens is 1930 g/mol. The van der Waals surface area contributed by atoms with Crippen LogP contribution in [0, 0.1) is 17.3 Å². The molecule has 10 unspecified atom stereocenters. The largest absolute Gasteiger partial charge is 0.493 e. The standard InChI is InChI=1S/C29H44N3O12P.C23H30N3O8P.C23H34N3O6P.C19H34N3O6P/c1-5-43-26(35)7-6-20(31-29(37)44-18-19-14-21(38-2)27(40-4)22(15-19)39-3)16-24(33)30-8-10-41-12-13-42-11-9-32-25(34)17-23(45)28(32)36;1-4-5-7-25-23(30)34-14-15-11-16(31-2)21(17(12-15)32-3)33-10-8-24-19(27)6-9-26-20(28)13-18(35)22(26)29;1-4-31-22(30)23(2,3)10-11-24-16-5-7-17(8-6-16)32-14-12-25-19(27)9-13-26-20(28)15-18(33)21(26)29;1-3-27-14(2)28-12-10-21-16(23)7-5-4-6-9-20-17(24)8-11-22-18(25)13-15(29)19(22)26/h14-15,20,23H,5-13,16-18,45H2,1-4H3,(H,30,33)(H,31,37);11-12,18H,6-10,13-14,35H2,1-3H3,(H,24,27)(H,25,30);5-8,18,24H,4,9-15,33H2,1-3H3,(H,25,27);14-15H,3-13,29H2,1-2H3,(H,20,24)(H,21,23). The molecule has 0 aromatic heterocycles. The van der Waals surface area contributed by atoms with E-state index in [2.05, 4.69) is 91.3 Å². The molecule has 3 aromatic rings. The monoisotopic (exact) mass is 2070 g/mol. The predicted octanol–water partition coefficient (Wildman–Crippen LogP) is 4.57. The van der Waals surface area contributed by atoms with Gasteiger partial charge < -0.3 is 114 Å². The summed E-state index contributed by atoms with van der Waals surface area (Å²) in [5.74, 6) is 4.61. The lowest BCUT2D eigenvalue weighted by Crippen LogP contribution is -2.40. The van der Waals surface area contributed by atoms with Gasteiger partial charge in [0.25, 0.3) is 0 Å². The zero-order valence-electron chi connectivity index (χ0n) is 83.1. The van der Waals surface area contributed by atoms with Crippen LogP contribution in [-0.4, -0.2) is 329 Å². The van der Waals surface area contributed by atoms with Crippen LogP contribution < -0.4 is 75.7 Å². The summed E-state index contributed by atoms with van der Waals surface area (Å²) in [4.78, 5) is 207. The highest BCUT2D eigenvalue weighted by molar-refractivity contribution is 7.20. The summed E-state index contributed by atoms with van der Waals surface area (Å²) >= 11 is 0. The Bertz CT molecular complexity index is 4630. The van der Waals surface area contributed by atoms with Gasteiger partial charge in [-0.1, -0.05) is 12.3 Å². The second kappa shape index (κ2) is 68.7. The molecule has 790 valence electrons. The molecule has 4 aliphatic rings. The van der Waals surface area contributed by atoms with Crippen LogP contribution in [0.15, 0.2) is 48.5 Å². The molecule has 0 spiro atoms. The Morgan fingerprint density at radius 1 is 0.444 bits per heavy atom. The fourth-order valence-corrected chi connectivity index (χ4v) is 15.1. The summed E-state index contributed by atoms with van der Waals surface area (Å²) in [5, 5.41) is 22.1. The Balaban J connectivity index is 0.000000400. The van der Waals surface area contributed by atoms with Gasteiger partial charge in [0.05, 0.1) is 136 Å². The average Bonchev–Trinajstić information content (AvgIpc) is 1.23. The maximum Gasteiger partial charge on any atom is 0.408 e. The third-order valence-electron chi connectivity index (χ3n) is 21.1. The minimum absolute atomic E-state index is 0.000124. The number of benzene rings is 3. The number of esters is 2. The quantitative estimate of drug-likeness (QED) is 0.00729. The Hall–Kier alpha value is -11.4. The van der Waals surface area contributed by atoms with Gasteiger partial charge in [0, 0.05) is 128 Å². The summed E-state index contributed by atoms with van der Waals surface area (Å²) < 4.78 is 80.1. The van der Waals surface area contributed by atoms with Crippen LogP contribution in [0.5, 0.6) is 40.2 Å². The van der Waals surface area contributed by atoms with Crippen molar-refractivity contribution in [1.29, 1.82) is 0 Å². The predicted molar refractivity (Wildman–Crippen MR) is 531 cm³/mol. The Labute approximate surface area is 837 Å². The molecule has 0 saturated carbocycles. The number of carbonyl (C=O) groups is 17. The number of methoxy groups -OCH3 is 5. The van der Waals surface area contributed by atoms with Crippen molar-refractivity contribution in [1.82, 2.24) is 56.8 Å². The number of likely N-dealkylation sites (tertiary alicyclic amines) is 4. The molecule has 44 nitrogen and oxygen atoms in total. The van der Waals surface area contributed by atoms with Crippen molar-refractivity contribution < 1.29 is 153 Å². The molecule has 0 radical (unpaired) electrons. The second-order valence-electron chi connectivity index (χ2n) is 32.4. The fraction of sp³-hybridized carbons (Fsp3) is 0.606. The van der Waals surface area contributed by atoms with Gasteiger partial charge >= 0.3 is 24.1 Å². The van der Waals surface area contributed by atoms with Gasteiger partial charge in [-0.15, -0.1) is 42.9 Å². The summed E-state index contributed by atoms with van der Waals surface area (Å²) in [6.45, 7) is 18.4. The van der Waals surface area contributed by atoms with E-state index in [1.807, 2.05) is 52.0 Å². The van der Waals surface area contributed by atoms with Crippen molar-refractivity contribution in [3.63, 3.8) is 0 Å². The van der Waals surface area contributed by atoms with Crippen LogP contribution in [0.1, 0.15) is 156 Å². The number of amides is 15. The van der Waals surface area contributed by atoms with Crippen LogP contribution in [0.25, 0.3) is 0 Å². The summed E-state index contributed by atoms with van der Waals surface area (Å²) in [7, 11) is 16.8. The molecule has 48 heteroatoms. The summed E-state index contributed by atoms with van der Waals surface area (Å²) in [6.07, 6.45) is 2.72.